The largest absolute Gasteiger partial charge is 0.493 e. The highest BCUT2D eigenvalue weighted by Crippen LogP contribution is 2.50. The Morgan fingerprint density at radius 3 is 2.37 bits per heavy atom. The first kappa shape index (κ1) is 34.1. The van der Waals surface area contributed by atoms with Gasteiger partial charge in [0.15, 0.2) is 22.3 Å². The molecule has 4 rings (SSSR count). The summed E-state index contributed by atoms with van der Waals surface area (Å²) in [6.45, 7) is 4.98. The fourth-order valence-electron chi connectivity index (χ4n) is 5.35. The number of fused-ring (bicyclic) bond motifs is 3. The molecule has 13 heteroatoms. The predicted octanol–water partition coefficient (Wildman–Crippen LogP) is 6.42. The number of ether oxygens (including phenoxy) is 4. The third kappa shape index (κ3) is 7.53. The quantitative estimate of drug-likeness (QED) is 0.143. The molecule has 244 valence electrons. The third-order valence-corrected chi connectivity index (χ3v) is 8.05. The number of aryl methyl sites for hydroxylation is 1. The van der Waals surface area contributed by atoms with Gasteiger partial charge in [-0.05, 0) is 92.5 Å². The number of nitrogens with one attached hydrogen (secondary N) is 2. The van der Waals surface area contributed by atoms with Gasteiger partial charge >= 0.3 is 6.09 Å². The molecule has 0 radical (unpaired) electrons. The Morgan fingerprint density at radius 2 is 1.74 bits per heavy atom. The molecule has 46 heavy (non-hydrogen) atoms. The maximum atomic E-state index is 14.1. The number of methoxy groups -OCH3 is 3. The van der Waals surface area contributed by atoms with Crippen molar-refractivity contribution >= 4 is 29.4 Å². The Kier molecular flexibility index (Phi) is 10.8. The molecule has 1 atom stereocenters. The number of benzene rings is 2. The SMILES string of the molecule is COc1cc2c(c(OC)c1OC)-c1ccc(SC)c(=O)cc1[C@@H](NC(=O)c1cc(CON=O)ccc1NC(=O)OC(C)(C)C)CC2. The highest BCUT2D eigenvalue weighted by atomic mass is 32.2. The second-order valence-corrected chi connectivity index (χ2v) is 12.2. The van der Waals surface area contributed by atoms with Gasteiger partial charge < -0.3 is 29.1 Å². The summed E-state index contributed by atoms with van der Waals surface area (Å²) in [5, 5.41) is 8.15. The van der Waals surface area contributed by atoms with Crippen LogP contribution in [0.3, 0.4) is 0 Å². The van der Waals surface area contributed by atoms with Gasteiger partial charge in [-0.1, -0.05) is 12.1 Å². The molecule has 0 aliphatic heterocycles. The van der Waals surface area contributed by atoms with Crippen LogP contribution in [0.1, 0.15) is 60.3 Å². The maximum absolute atomic E-state index is 14.1. The minimum atomic E-state index is -0.775. The molecule has 12 nitrogen and oxygen atoms in total. The summed E-state index contributed by atoms with van der Waals surface area (Å²) in [4.78, 5) is 55.8. The molecular formula is C33H37N3O9S. The predicted molar refractivity (Wildman–Crippen MR) is 175 cm³/mol. The molecular weight excluding hydrogens is 614 g/mol. The first-order valence-electron chi connectivity index (χ1n) is 14.4. The Morgan fingerprint density at radius 1 is 1.00 bits per heavy atom. The van der Waals surface area contributed by atoms with Gasteiger partial charge in [0.25, 0.3) is 5.91 Å². The number of amides is 2. The highest BCUT2D eigenvalue weighted by molar-refractivity contribution is 7.98. The number of carbonyl (C=O) groups excluding carboxylic acids is 2. The zero-order valence-electron chi connectivity index (χ0n) is 26.8. The topological polar surface area (TPSA) is 151 Å². The van der Waals surface area contributed by atoms with Crippen LogP contribution in [0.25, 0.3) is 11.1 Å². The number of hydrogen-bond acceptors (Lipinski definition) is 11. The molecule has 3 aromatic carbocycles. The lowest BCUT2D eigenvalue weighted by Gasteiger charge is -2.22. The summed E-state index contributed by atoms with van der Waals surface area (Å²) in [6, 6.07) is 11.0. The van der Waals surface area contributed by atoms with Gasteiger partial charge in [-0.25, -0.2) is 4.79 Å². The number of nitrogens with zero attached hydrogens (tertiary/aromatic N) is 1. The van der Waals surface area contributed by atoms with Gasteiger partial charge in [-0.15, -0.1) is 16.7 Å². The summed E-state index contributed by atoms with van der Waals surface area (Å²) in [5.41, 5.74) is 2.62. The molecule has 0 unspecified atom stereocenters. The number of anilines is 1. The van der Waals surface area contributed by atoms with Crippen LogP contribution in [0.5, 0.6) is 17.2 Å². The van der Waals surface area contributed by atoms with Crippen LogP contribution in [0.2, 0.25) is 0 Å². The average molecular weight is 652 g/mol. The van der Waals surface area contributed by atoms with Gasteiger partial charge in [0.2, 0.25) is 5.75 Å². The van der Waals surface area contributed by atoms with E-state index in [1.165, 1.54) is 44.2 Å². The molecule has 0 spiro atoms. The first-order chi connectivity index (χ1) is 21.9. The number of rotatable bonds is 10. The van der Waals surface area contributed by atoms with Gasteiger partial charge in [0.1, 0.15) is 12.2 Å². The Labute approximate surface area is 271 Å². The molecule has 0 fully saturated rings. The van der Waals surface area contributed by atoms with Gasteiger partial charge in [-0.2, -0.15) is 0 Å². The molecule has 0 bridgehead atoms. The van der Waals surface area contributed by atoms with Crippen LogP contribution in [-0.2, 0) is 22.6 Å². The van der Waals surface area contributed by atoms with Gasteiger partial charge in [0, 0.05) is 5.56 Å². The van der Waals surface area contributed by atoms with Crippen LogP contribution >= 0.6 is 11.8 Å². The van der Waals surface area contributed by atoms with Crippen molar-refractivity contribution in [2.45, 2.75) is 56.8 Å². The van der Waals surface area contributed by atoms with Crippen molar-refractivity contribution in [2.75, 3.05) is 32.9 Å². The van der Waals surface area contributed by atoms with Crippen molar-refractivity contribution in [3.8, 4) is 28.4 Å². The Hall–Kier alpha value is -4.78. The van der Waals surface area contributed by atoms with Crippen molar-refractivity contribution in [3.63, 3.8) is 0 Å². The number of thioether (sulfide) groups is 1. The Balaban J connectivity index is 1.85. The van der Waals surface area contributed by atoms with Gasteiger partial charge in [0.05, 0.1) is 43.5 Å². The van der Waals surface area contributed by atoms with E-state index >= 15 is 0 Å². The van der Waals surface area contributed by atoms with E-state index in [-0.39, 0.29) is 23.3 Å². The summed E-state index contributed by atoms with van der Waals surface area (Å²) in [7, 11) is 4.60. The molecule has 0 saturated heterocycles. The summed E-state index contributed by atoms with van der Waals surface area (Å²) >= 11 is 1.32. The highest BCUT2D eigenvalue weighted by Gasteiger charge is 2.30. The molecule has 0 saturated carbocycles. The van der Waals surface area contributed by atoms with Crippen LogP contribution in [0.4, 0.5) is 10.5 Å². The smallest absolute Gasteiger partial charge is 0.412 e. The standard InChI is InChI=1S/C33H37N3O9S/c1-33(2,3)45-32(39)35-24-11-8-18(17-44-36-40)14-22(24)31(38)34-23-12-9-19-15-26(41-4)29(42-5)30(43-6)28(19)20-10-13-27(46-7)25(37)16-21(20)23/h8,10-11,13-16,23H,9,12,17H2,1-7H3,(H,34,38)(H,35,39)/t23-/m0/s1. The van der Waals surface area contributed by atoms with Crippen LogP contribution in [0.15, 0.2) is 57.5 Å². The minimum Gasteiger partial charge on any atom is -0.493 e. The van der Waals surface area contributed by atoms with E-state index in [1.807, 2.05) is 18.4 Å². The van der Waals surface area contributed by atoms with E-state index in [2.05, 4.69) is 20.8 Å². The molecule has 0 heterocycles. The second kappa shape index (κ2) is 14.5. The normalized spacial score (nSPS) is 13.7. The van der Waals surface area contributed by atoms with Crippen molar-refractivity contribution in [2.24, 2.45) is 5.34 Å². The fraction of sp³-hybridized carbons (Fsp3) is 0.364. The van der Waals surface area contributed by atoms with E-state index in [4.69, 9.17) is 18.9 Å². The zero-order chi connectivity index (χ0) is 33.6. The van der Waals surface area contributed by atoms with E-state index in [1.54, 1.807) is 40.0 Å². The van der Waals surface area contributed by atoms with E-state index in [0.29, 0.717) is 51.7 Å². The second-order valence-electron chi connectivity index (χ2n) is 11.4. The minimum absolute atomic E-state index is 0.0922. The monoisotopic (exact) mass is 651 g/mol. The van der Waals surface area contributed by atoms with Crippen molar-refractivity contribution in [1.82, 2.24) is 5.32 Å². The summed E-state index contributed by atoms with van der Waals surface area (Å²) in [5.74, 6) is 0.783. The third-order valence-electron chi connectivity index (χ3n) is 7.27. The van der Waals surface area contributed by atoms with E-state index < -0.39 is 23.6 Å². The van der Waals surface area contributed by atoms with Crippen molar-refractivity contribution < 1.29 is 33.4 Å². The van der Waals surface area contributed by atoms with Crippen molar-refractivity contribution in [1.29, 1.82) is 0 Å². The maximum Gasteiger partial charge on any atom is 0.412 e. The molecule has 0 aromatic heterocycles. The zero-order valence-corrected chi connectivity index (χ0v) is 27.6. The Bertz CT molecular complexity index is 1710. The van der Waals surface area contributed by atoms with E-state index in [0.717, 1.165) is 11.1 Å². The summed E-state index contributed by atoms with van der Waals surface area (Å²) < 4.78 is 22.5. The molecule has 2 amide bonds. The van der Waals surface area contributed by atoms with Crippen LogP contribution in [-0.4, -0.2) is 45.2 Å². The van der Waals surface area contributed by atoms with E-state index in [9.17, 15) is 19.3 Å². The average Bonchev–Trinajstić information content (AvgIpc) is 3.26. The van der Waals surface area contributed by atoms with Gasteiger partial charge in [-0.3, -0.25) is 14.9 Å². The molecule has 1 aliphatic rings. The molecule has 3 aromatic rings. The lowest BCUT2D eigenvalue weighted by Crippen LogP contribution is -2.31. The van der Waals surface area contributed by atoms with Crippen LogP contribution < -0.4 is 30.3 Å². The number of carbonyl (C=O) groups is 2. The van der Waals surface area contributed by atoms with Crippen molar-refractivity contribution in [3.05, 3.63) is 79.8 Å². The first-order valence-corrected chi connectivity index (χ1v) is 15.6. The number of hydrogen-bond donors (Lipinski definition) is 2. The lowest BCUT2D eigenvalue weighted by molar-refractivity contribution is 0.0636. The summed E-state index contributed by atoms with van der Waals surface area (Å²) in [6.07, 6.45) is 1.97. The van der Waals surface area contributed by atoms with Crippen LogP contribution in [0, 0.1) is 4.91 Å². The molecule has 1 aliphatic carbocycles. The lowest BCUT2D eigenvalue weighted by atomic mass is 9.95. The molecule has 2 N–H and O–H groups in total. The fourth-order valence-corrected chi connectivity index (χ4v) is 5.81.